The first-order chi connectivity index (χ1) is 14.9. The van der Waals surface area contributed by atoms with E-state index < -0.39 is 5.60 Å². The maximum atomic E-state index is 9.85. The largest absolute Gasteiger partial charge is 0.476 e. The Morgan fingerprint density at radius 3 is 2.42 bits per heavy atom. The van der Waals surface area contributed by atoms with Crippen LogP contribution in [0.25, 0.3) is 6.08 Å². The normalized spacial score (nSPS) is 20.1. The maximum absolute atomic E-state index is 9.85. The molecule has 31 heavy (non-hydrogen) atoms. The van der Waals surface area contributed by atoms with Crippen LogP contribution >= 0.6 is 11.3 Å². The van der Waals surface area contributed by atoms with Gasteiger partial charge in [-0.2, -0.15) is 10.5 Å². The number of hydrogen-bond acceptors (Lipinski definition) is 5. The number of hydrogen-bond donors (Lipinski definition) is 0. The monoisotopic (exact) mass is 427 g/mol. The molecule has 0 saturated carbocycles. The number of ether oxygens (including phenoxy) is 1. The molecule has 1 aliphatic heterocycles. The molecular formula is C26H25N3OS. The number of thiophene rings is 1. The first-order valence-electron chi connectivity index (χ1n) is 10.0. The third kappa shape index (κ3) is 4.63. The maximum Gasteiger partial charge on any atom is 0.158 e. The number of rotatable bonds is 6. The second-order valence-electron chi connectivity index (χ2n) is 7.58. The van der Waals surface area contributed by atoms with Gasteiger partial charge < -0.3 is 9.64 Å². The Labute approximate surface area is 188 Å². The molecule has 2 aromatic rings. The average molecular weight is 428 g/mol. The van der Waals surface area contributed by atoms with Crippen LogP contribution in [-0.2, 0) is 10.3 Å². The third-order valence-corrected chi connectivity index (χ3v) is 6.37. The van der Waals surface area contributed by atoms with Gasteiger partial charge in [0.05, 0.1) is 16.6 Å². The minimum Gasteiger partial charge on any atom is -0.476 e. The highest BCUT2D eigenvalue weighted by Crippen LogP contribution is 2.46. The van der Waals surface area contributed by atoms with Crippen molar-refractivity contribution in [3.8, 4) is 12.1 Å². The van der Waals surface area contributed by atoms with E-state index in [0.717, 1.165) is 17.6 Å². The summed E-state index contributed by atoms with van der Waals surface area (Å²) in [7, 11) is 4.07. The summed E-state index contributed by atoms with van der Waals surface area (Å²) in [6.07, 6.45) is 8.90. The zero-order chi connectivity index (χ0) is 22.4. The standard InChI is InChI=1S/C26H25N3OS/c1-19(17-27)25-22(18-28)23(26(2,30-25)20-11-7-5-8-12-20)14-10-6-9-13-21-15-16-24(31-21)29(3)4/h5,7-16H,6H2,1-4H3/b13-9+,14-10+,25-19-. The summed E-state index contributed by atoms with van der Waals surface area (Å²) in [5, 5.41) is 20.4. The highest BCUT2D eigenvalue weighted by molar-refractivity contribution is 7.16. The zero-order valence-corrected chi connectivity index (χ0v) is 19.0. The van der Waals surface area contributed by atoms with Gasteiger partial charge in [0.25, 0.3) is 0 Å². The molecule has 0 amide bonds. The van der Waals surface area contributed by atoms with Crippen molar-refractivity contribution in [1.29, 1.82) is 10.5 Å². The van der Waals surface area contributed by atoms with Crippen LogP contribution < -0.4 is 4.90 Å². The summed E-state index contributed by atoms with van der Waals surface area (Å²) in [5.41, 5.74) is 1.70. The van der Waals surface area contributed by atoms with E-state index in [4.69, 9.17) is 4.74 Å². The Morgan fingerprint density at radius 1 is 1.10 bits per heavy atom. The lowest BCUT2D eigenvalue weighted by Gasteiger charge is -2.27. The Hall–Kier alpha value is -3.54. The Bertz CT molecular complexity index is 1150. The number of nitrogens with zero attached hydrogens (tertiary/aromatic N) is 3. The predicted octanol–water partition coefficient (Wildman–Crippen LogP) is 6.34. The van der Waals surface area contributed by atoms with Gasteiger partial charge in [-0.1, -0.05) is 48.6 Å². The van der Waals surface area contributed by atoms with Crippen molar-refractivity contribution >= 4 is 22.4 Å². The lowest BCUT2D eigenvalue weighted by atomic mass is 9.86. The molecule has 0 N–H and O–H groups in total. The molecule has 1 aromatic carbocycles. The number of allylic oxidation sites excluding steroid dienone is 4. The van der Waals surface area contributed by atoms with Gasteiger partial charge in [-0.3, -0.25) is 0 Å². The van der Waals surface area contributed by atoms with E-state index in [-0.39, 0.29) is 0 Å². The Morgan fingerprint density at radius 2 is 1.81 bits per heavy atom. The Balaban J connectivity index is 1.89. The molecule has 1 atom stereocenters. The zero-order valence-electron chi connectivity index (χ0n) is 18.2. The second-order valence-corrected chi connectivity index (χ2v) is 8.67. The van der Waals surface area contributed by atoms with E-state index in [9.17, 15) is 10.5 Å². The van der Waals surface area contributed by atoms with Gasteiger partial charge in [0.2, 0.25) is 0 Å². The molecule has 3 rings (SSSR count). The molecular weight excluding hydrogens is 402 g/mol. The van der Waals surface area contributed by atoms with E-state index in [2.05, 4.69) is 41.3 Å². The molecule has 0 radical (unpaired) electrons. The summed E-state index contributed by atoms with van der Waals surface area (Å²) < 4.78 is 6.24. The first-order valence-corrected chi connectivity index (χ1v) is 10.8. The minimum atomic E-state index is -0.825. The van der Waals surface area contributed by atoms with Crippen LogP contribution in [-0.4, -0.2) is 14.1 Å². The Kier molecular flexibility index (Phi) is 6.80. The smallest absolute Gasteiger partial charge is 0.158 e. The molecule has 0 saturated heterocycles. The topological polar surface area (TPSA) is 60.0 Å². The molecule has 5 heteroatoms. The van der Waals surface area contributed by atoms with Crippen LogP contribution in [0.4, 0.5) is 5.00 Å². The molecule has 1 unspecified atom stereocenters. The van der Waals surface area contributed by atoms with Gasteiger partial charge in [-0.05, 0) is 44.0 Å². The summed E-state index contributed by atoms with van der Waals surface area (Å²) in [5.74, 6) is 0.362. The van der Waals surface area contributed by atoms with Crippen LogP contribution in [0.15, 0.2) is 83.2 Å². The lowest BCUT2D eigenvalue weighted by Crippen LogP contribution is -2.23. The fourth-order valence-electron chi connectivity index (χ4n) is 3.43. The van der Waals surface area contributed by atoms with Crippen LogP contribution in [0.3, 0.4) is 0 Å². The molecule has 0 bridgehead atoms. The summed E-state index contributed by atoms with van der Waals surface area (Å²) in [4.78, 5) is 3.29. The van der Waals surface area contributed by atoms with Crippen molar-refractivity contribution in [3.05, 3.63) is 93.6 Å². The average Bonchev–Trinajstić information content (AvgIpc) is 3.37. The molecule has 156 valence electrons. The summed E-state index contributed by atoms with van der Waals surface area (Å²) >= 11 is 1.74. The molecule has 0 aliphatic carbocycles. The van der Waals surface area contributed by atoms with Crippen molar-refractivity contribution in [2.24, 2.45) is 0 Å². The van der Waals surface area contributed by atoms with Crippen LogP contribution in [0.2, 0.25) is 0 Å². The molecule has 0 spiro atoms. The van der Waals surface area contributed by atoms with Crippen LogP contribution in [0.1, 0.15) is 30.7 Å². The second kappa shape index (κ2) is 9.51. The summed E-state index contributed by atoms with van der Waals surface area (Å²) in [6, 6.07) is 18.4. The van der Waals surface area contributed by atoms with E-state index in [1.165, 1.54) is 9.88 Å². The number of benzene rings is 1. The third-order valence-electron chi connectivity index (χ3n) is 5.15. The fraction of sp³-hybridized carbons (Fsp3) is 0.231. The highest BCUT2D eigenvalue weighted by atomic mass is 32.1. The quantitative estimate of drug-likeness (QED) is 0.505. The first kappa shape index (κ1) is 22.2. The molecule has 1 aliphatic rings. The molecule has 2 heterocycles. The van der Waals surface area contributed by atoms with Gasteiger partial charge in [0.1, 0.15) is 11.6 Å². The van der Waals surface area contributed by atoms with Crippen molar-refractivity contribution in [3.63, 3.8) is 0 Å². The van der Waals surface area contributed by atoms with Crippen molar-refractivity contribution in [1.82, 2.24) is 0 Å². The van der Waals surface area contributed by atoms with Crippen LogP contribution in [0, 0.1) is 22.7 Å². The van der Waals surface area contributed by atoms with Gasteiger partial charge in [0, 0.05) is 24.5 Å². The molecule has 0 fully saturated rings. The van der Waals surface area contributed by atoms with Crippen molar-refractivity contribution < 1.29 is 4.74 Å². The molecule has 4 nitrogen and oxygen atoms in total. The molecule has 1 aromatic heterocycles. The fourth-order valence-corrected chi connectivity index (χ4v) is 4.29. The lowest BCUT2D eigenvalue weighted by molar-refractivity contribution is 0.0749. The van der Waals surface area contributed by atoms with Gasteiger partial charge in [-0.15, -0.1) is 11.3 Å². The number of nitriles is 2. The summed E-state index contributed by atoms with van der Waals surface area (Å²) in [6.45, 7) is 3.62. The van der Waals surface area contributed by atoms with Gasteiger partial charge in [-0.25, -0.2) is 0 Å². The van der Waals surface area contributed by atoms with Gasteiger partial charge >= 0.3 is 0 Å². The van der Waals surface area contributed by atoms with E-state index in [0.29, 0.717) is 16.9 Å². The van der Waals surface area contributed by atoms with Gasteiger partial charge in [0.15, 0.2) is 11.4 Å². The SMILES string of the molecule is C/C(C#N)=C1/OC(C)(c2ccccc2)C(/C=C/C/C=C/c2ccc(N(C)C)s2)=C1C#N. The minimum absolute atomic E-state index is 0.362. The highest BCUT2D eigenvalue weighted by Gasteiger charge is 2.42. The van der Waals surface area contributed by atoms with Crippen molar-refractivity contribution in [2.75, 3.05) is 19.0 Å². The van der Waals surface area contributed by atoms with E-state index >= 15 is 0 Å². The van der Waals surface area contributed by atoms with Crippen LogP contribution in [0.5, 0.6) is 0 Å². The van der Waals surface area contributed by atoms with E-state index in [1.807, 2.05) is 63.5 Å². The van der Waals surface area contributed by atoms with Crippen molar-refractivity contribution in [2.45, 2.75) is 25.9 Å². The predicted molar refractivity (Wildman–Crippen MR) is 127 cm³/mol. The number of anilines is 1. The van der Waals surface area contributed by atoms with E-state index in [1.54, 1.807) is 18.3 Å².